The molecule has 0 N–H and O–H groups in total. The molecule has 0 aliphatic rings. The highest BCUT2D eigenvalue weighted by Gasteiger charge is 2.24. The van der Waals surface area contributed by atoms with Gasteiger partial charge in [0.05, 0.1) is 27.6 Å². The molecule has 2 heteroatoms. The minimum atomic E-state index is 0.0617. The summed E-state index contributed by atoms with van der Waals surface area (Å²) in [7, 11) is 0. The van der Waals surface area contributed by atoms with E-state index in [1.807, 2.05) is 0 Å². The lowest BCUT2D eigenvalue weighted by Gasteiger charge is -2.19. The highest BCUT2D eigenvalue weighted by atomic mass is 15.0. The maximum atomic E-state index is 2.52. The van der Waals surface area contributed by atoms with Gasteiger partial charge in [-0.1, -0.05) is 102 Å². The normalized spacial score (nSPS) is 13.2. The molecule has 2 nitrogen and oxygen atoms in total. The van der Waals surface area contributed by atoms with Crippen LogP contribution >= 0.6 is 0 Å². The Hall–Kier alpha value is -5.34. The predicted molar refractivity (Wildman–Crippen MR) is 208 cm³/mol. The van der Waals surface area contributed by atoms with Crippen LogP contribution in [0.4, 0.5) is 0 Å². The summed E-state index contributed by atoms with van der Waals surface area (Å²) in [5, 5.41) is 12.9. The zero-order valence-electron chi connectivity index (χ0n) is 28.4. The Morgan fingerprint density at radius 1 is 0.375 bits per heavy atom. The molecule has 0 spiro atoms. The second kappa shape index (κ2) is 9.17. The predicted octanol–water partition coefficient (Wildman–Crippen LogP) is 12.8. The van der Waals surface area contributed by atoms with Crippen molar-refractivity contribution in [3.05, 3.63) is 132 Å². The molecular weight excluding hydrogens is 581 g/mol. The number of rotatable bonds is 1. The van der Waals surface area contributed by atoms with Crippen LogP contribution in [0.1, 0.15) is 52.7 Å². The monoisotopic (exact) mass is 618 g/mol. The Kier molecular flexibility index (Phi) is 5.30. The van der Waals surface area contributed by atoms with Gasteiger partial charge in [0.15, 0.2) is 0 Å². The lowest BCUT2D eigenvalue weighted by molar-refractivity contribution is 0.590. The van der Waals surface area contributed by atoms with E-state index in [0.717, 1.165) is 0 Å². The molecule has 10 rings (SSSR count). The summed E-state index contributed by atoms with van der Waals surface area (Å²) < 4.78 is 5.04. The minimum absolute atomic E-state index is 0.0617. The van der Waals surface area contributed by atoms with Gasteiger partial charge >= 0.3 is 0 Å². The third-order valence-corrected chi connectivity index (χ3v) is 10.9. The van der Waals surface area contributed by atoms with Crippen LogP contribution in [0.2, 0.25) is 0 Å². The smallest absolute Gasteiger partial charge is 0.0622 e. The van der Waals surface area contributed by atoms with Crippen LogP contribution < -0.4 is 0 Å². The van der Waals surface area contributed by atoms with Crippen LogP contribution in [0.25, 0.3) is 87.1 Å². The lowest BCUT2D eigenvalue weighted by atomic mass is 9.85. The topological polar surface area (TPSA) is 9.34 Å². The van der Waals surface area contributed by atoms with E-state index < -0.39 is 0 Å². The summed E-state index contributed by atoms with van der Waals surface area (Å²) in [6.45, 7) is 13.9. The molecule has 0 unspecified atom stereocenters. The Bertz CT molecular complexity index is 2760. The van der Waals surface area contributed by atoms with Crippen molar-refractivity contribution < 1.29 is 0 Å². The summed E-state index contributed by atoms with van der Waals surface area (Å²) in [5.74, 6) is 0. The Morgan fingerprint density at radius 3 is 1.19 bits per heavy atom. The number of hydrogen-bond donors (Lipinski definition) is 0. The van der Waals surface area contributed by atoms with Crippen molar-refractivity contribution in [2.45, 2.75) is 52.4 Å². The van der Waals surface area contributed by atoms with Crippen LogP contribution in [-0.4, -0.2) is 8.97 Å². The van der Waals surface area contributed by atoms with Crippen LogP contribution in [-0.2, 0) is 10.8 Å². The van der Waals surface area contributed by atoms with Crippen molar-refractivity contribution >= 4 is 81.4 Å². The van der Waals surface area contributed by atoms with E-state index in [-0.39, 0.29) is 10.8 Å². The van der Waals surface area contributed by atoms with E-state index in [4.69, 9.17) is 0 Å². The Balaban J connectivity index is 1.39. The summed E-state index contributed by atoms with van der Waals surface area (Å²) in [6, 6.07) is 46.3. The molecule has 48 heavy (non-hydrogen) atoms. The quantitative estimate of drug-likeness (QED) is 0.173. The molecule has 0 aliphatic heterocycles. The van der Waals surface area contributed by atoms with E-state index in [1.54, 1.807) is 0 Å². The van der Waals surface area contributed by atoms with Crippen LogP contribution in [0.3, 0.4) is 0 Å². The fourth-order valence-corrected chi connectivity index (χ4v) is 8.26. The number of nitrogens with zero attached hydrogens (tertiary/aromatic N) is 2. The van der Waals surface area contributed by atoms with E-state index in [9.17, 15) is 0 Å². The standard InChI is InChI=1S/C46H38N2/c1-45(2,3)31-15-17-40-36(23-31)37-24-32(46(4,5)6)16-18-41(37)47(40)33-25-38-34-19-27-11-7-9-13-29(27)21-42(34)48-43-22-30-14-10-8-12-28(30)20-35(43)39(26-33)44(38)48/h7-26H,1-6H3. The number of aromatic nitrogens is 2. The van der Waals surface area contributed by atoms with Gasteiger partial charge in [0.25, 0.3) is 0 Å². The second-order valence-electron chi connectivity index (χ2n) is 16.0. The third kappa shape index (κ3) is 3.75. The number of fused-ring (bicyclic) bond motifs is 11. The van der Waals surface area contributed by atoms with Crippen molar-refractivity contribution in [3.63, 3.8) is 0 Å². The lowest BCUT2D eigenvalue weighted by Crippen LogP contribution is -2.10. The zero-order valence-corrected chi connectivity index (χ0v) is 28.4. The second-order valence-corrected chi connectivity index (χ2v) is 16.0. The molecule has 0 radical (unpaired) electrons. The third-order valence-electron chi connectivity index (χ3n) is 10.9. The molecule has 0 bridgehead atoms. The molecule has 7 aromatic carbocycles. The molecule has 0 amide bonds. The van der Waals surface area contributed by atoms with Crippen molar-refractivity contribution in [1.29, 1.82) is 0 Å². The minimum Gasteiger partial charge on any atom is -0.309 e. The number of benzene rings is 7. The van der Waals surface area contributed by atoms with E-state index in [1.165, 1.54) is 98.3 Å². The first kappa shape index (κ1) is 27.7. The Morgan fingerprint density at radius 2 is 0.771 bits per heavy atom. The maximum absolute atomic E-state index is 2.52. The van der Waals surface area contributed by atoms with Gasteiger partial charge < -0.3 is 8.97 Å². The number of hydrogen-bond acceptors (Lipinski definition) is 0. The summed E-state index contributed by atoms with van der Waals surface area (Å²) in [4.78, 5) is 0. The molecule has 0 aliphatic carbocycles. The molecule has 0 atom stereocenters. The molecule has 3 heterocycles. The first-order valence-corrected chi connectivity index (χ1v) is 17.2. The van der Waals surface area contributed by atoms with Gasteiger partial charge in [-0.25, -0.2) is 0 Å². The largest absolute Gasteiger partial charge is 0.309 e. The molecule has 3 aromatic heterocycles. The summed E-state index contributed by atoms with van der Waals surface area (Å²) in [6.07, 6.45) is 0. The average molecular weight is 619 g/mol. The molecule has 0 saturated heterocycles. The summed E-state index contributed by atoms with van der Waals surface area (Å²) in [5.41, 5.74) is 10.4. The van der Waals surface area contributed by atoms with Crippen molar-refractivity contribution in [1.82, 2.24) is 8.97 Å². The summed E-state index contributed by atoms with van der Waals surface area (Å²) >= 11 is 0. The molecule has 0 saturated carbocycles. The van der Waals surface area contributed by atoms with Crippen molar-refractivity contribution in [2.24, 2.45) is 0 Å². The molecule has 10 aromatic rings. The highest BCUT2D eigenvalue weighted by molar-refractivity contribution is 6.27. The van der Waals surface area contributed by atoms with E-state index in [0.29, 0.717) is 0 Å². The molecule has 0 fully saturated rings. The van der Waals surface area contributed by atoms with Crippen LogP contribution in [0.5, 0.6) is 0 Å². The van der Waals surface area contributed by atoms with Gasteiger partial charge in [-0.05, 0) is 104 Å². The van der Waals surface area contributed by atoms with Gasteiger partial charge in [-0.15, -0.1) is 0 Å². The highest BCUT2D eigenvalue weighted by Crippen LogP contribution is 2.45. The van der Waals surface area contributed by atoms with E-state index >= 15 is 0 Å². The van der Waals surface area contributed by atoms with Crippen molar-refractivity contribution in [2.75, 3.05) is 0 Å². The van der Waals surface area contributed by atoms with Gasteiger partial charge in [0.1, 0.15) is 0 Å². The molecule has 232 valence electrons. The average Bonchev–Trinajstić information content (AvgIpc) is 3.68. The van der Waals surface area contributed by atoms with Crippen LogP contribution in [0, 0.1) is 0 Å². The van der Waals surface area contributed by atoms with Gasteiger partial charge in [0, 0.05) is 38.0 Å². The molecular formula is C46H38N2. The zero-order chi connectivity index (χ0) is 32.7. The maximum Gasteiger partial charge on any atom is 0.0622 e. The Labute approximate surface area is 280 Å². The van der Waals surface area contributed by atoms with E-state index in [2.05, 4.69) is 172 Å². The fourth-order valence-electron chi connectivity index (χ4n) is 8.26. The van der Waals surface area contributed by atoms with Crippen LogP contribution in [0.15, 0.2) is 121 Å². The first-order valence-electron chi connectivity index (χ1n) is 17.2. The van der Waals surface area contributed by atoms with Gasteiger partial charge in [-0.3, -0.25) is 0 Å². The fraction of sp³-hybridized carbons (Fsp3) is 0.174. The first-order chi connectivity index (χ1) is 23.0. The van der Waals surface area contributed by atoms with Gasteiger partial charge in [0.2, 0.25) is 0 Å². The SMILES string of the molecule is CC(C)(C)c1ccc2c(c1)c1cc(C(C)(C)C)ccc1n2-c1cc2c3cc4ccccc4cc3n3c4cc5ccccc5cc4c(c1)c23. The van der Waals surface area contributed by atoms with Crippen molar-refractivity contribution in [3.8, 4) is 5.69 Å². The van der Waals surface area contributed by atoms with Gasteiger partial charge in [-0.2, -0.15) is 0 Å².